The zero-order valence-electron chi connectivity index (χ0n) is 14.0. The van der Waals surface area contributed by atoms with Crippen molar-refractivity contribution in [3.05, 3.63) is 34.6 Å². The molecular formula is C18H18FN3O4. The first kappa shape index (κ1) is 16.8. The second-order valence-corrected chi connectivity index (χ2v) is 6.86. The quantitative estimate of drug-likeness (QED) is 0.758. The van der Waals surface area contributed by atoms with Crippen LogP contribution in [0.25, 0.3) is 0 Å². The lowest BCUT2D eigenvalue weighted by atomic mass is 9.85. The van der Waals surface area contributed by atoms with Crippen molar-refractivity contribution >= 4 is 23.6 Å². The Kier molecular flexibility index (Phi) is 4.07. The van der Waals surface area contributed by atoms with E-state index >= 15 is 0 Å². The average molecular weight is 359 g/mol. The predicted octanol–water partition coefficient (Wildman–Crippen LogP) is 0.694. The predicted molar refractivity (Wildman–Crippen MR) is 87.9 cm³/mol. The Labute approximate surface area is 148 Å². The number of nitrogens with one attached hydrogen (secondary N) is 2. The fourth-order valence-corrected chi connectivity index (χ4v) is 4.05. The van der Waals surface area contributed by atoms with Crippen LogP contribution in [0.2, 0.25) is 0 Å². The van der Waals surface area contributed by atoms with Gasteiger partial charge in [0.2, 0.25) is 11.8 Å². The molecular weight excluding hydrogens is 341 g/mol. The summed E-state index contributed by atoms with van der Waals surface area (Å²) in [6.45, 7) is 1.58. The molecule has 3 heterocycles. The van der Waals surface area contributed by atoms with E-state index in [0.717, 1.165) is 30.8 Å². The third-order valence-corrected chi connectivity index (χ3v) is 5.35. The number of imide groups is 2. The molecule has 4 amide bonds. The van der Waals surface area contributed by atoms with Crippen LogP contribution in [0.3, 0.4) is 0 Å². The molecule has 4 rings (SSSR count). The van der Waals surface area contributed by atoms with Crippen molar-refractivity contribution in [2.75, 3.05) is 13.1 Å². The number of nitrogens with zero attached hydrogens (tertiary/aromatic N) is 1. The van der Waals surface area contributed by atoms with Gasteiger partial charge in [0.25, 0.3) is 11.8 Å². The van der Waals surface area contributed by atoms with E-state index in [2.05, 4.69) is 10.6 Å². The van der Waals surface area contributed by atoms with Crippen LogP contribution < -0.4 is 10.6 Å². The third kappa shape index (κ3) is 2.52. The van der Waals surface area contributed by atoms with Gasteiger partial charge in [-0.25, -0.2) is 4.39 Å². The van der Waals surface area contributed by atoms with Crippen molar-refractivity contribution < 1.29 is 23.6 Å². The molecule has 0 aliphatic carbocycles. The lowest BCUT2D eigenvalue weighted by Crippen LogP contribution is -2.54. The highest BCUT2D eigenvalue weighted by Gasteiger charge is 2.47. The van der Waals surface area contributed by atoms with E-state index < -0.39 is 35.5 Å². The number of fused-ring (bicyclic) bond motifs is 1. The molecule has 2 fully saturated rings. The highest BCUT2D eigenvalue weighted by molar-refractivity contribution is 6.24. The maximum atomic E-state index is 14.4. The Morgan fingerprint density at radius 2 is 1.65 bits per heavy atom. The molecule has 2 N–H and O–H groups in total. The minimum absolute atomic E-state index is 0.0352. The van der Waals surface area contributed by atoms with Gasteiger partial charge in [-0.2, -0.15) is 0 Å². The summed E-state index contributed by atoms with van der Waals surface area (Å²) in [5, 5.41) is 5.37. The molecule has 136 valence electrons. The number of piperidine rings is 2. The number of halogens is 1. The van der Waals surface area contributed by atoms with Gasteiger partial charge in [-0.15, -0.1) is 0 Å². The smallest absolute Gasteiger partial charge is 0.265 e. The molecule has 0 aromatic heterocycles. The number of carbonyl (C=O) groups excluding carboxylic acids is 4. The zero-order chi connectivity index (χ0) is 18.4. The number of rotatable bonds is 2. The Morgan fingerprint density at radius 3 is 2.35 bits per heavy atom. The van der Waals surface area contributed by atoms with Crippen molar-refractivity contribution in [2.45, 2.75) is 37.6 Å². The topological polar surface area (TPSA) is 95.6 Å². The van der Waals surface area contributed by atoms with Crippen LogP contribution in [0.4, 0.5) is 4.39 Å². The number of carbonyl (C=O) groups is 4. The van der Waals surface area contributed by atoms with E-state index in [0.29, 0.717) is 5.56 Å². The van der Waals surface area contributed by atoms with Gasteiger partial charge >= 0.3 is 0 Å². The Bertz CT molecular complexity index is 832. The maximum absolute atomic E-state index is 14.4. The van der Waals surface area contributed by atoms with E-state index in [9.17, 15) is 23.6 Å². The molecule has 26 heavy (non-hydrogen) atoms. The van der Waals surface area contributed by atoms with Crippen LogP contribution in [0.5, 0.6) is 0 Å². The molecule has 0 bridgehead atoms. The summed E-state index contributed by atoms with van der Waals surface area (Å²) in [6, 6.07) is 1.71. The van der Waals surface area contributed by atoms with E-state index in [1.165, 1.54) is 6.07 Å². The monoisotopic (exact) mass is 359 g/mol. The van der Waals surface area contributed by atoms with Crippen LogP contribution in [-0.4, -0.2) is 47.7 Å². The summed E-state index contributed by atoms with van der Waals surface area (Å²) in [6.07, 6.45) is 1.67. The molecule has 7 nitrogen and oxygen atoms in total. The average Bonchev–Trinajstić information content (AvgIpc) is 2.89. The molecule has 0 saturated carbocycles. The van der Waals surface area contributed by atoms with Gasteiger partial charge in [0.05, 0.1) is 11.1 Å². The van der Waals surface area contributed by atoms with E-state index in [1.54, 1.807) is 6.07 Å². The van der Waals surface area contributed by atoms with Crippen LogP contribution in [0.15, 0.2) is 12.1 Å². The second-order valence-electron chi connectivity index (χ2n) is 6.86. The van der Waals surface area contributed by atoms with Crippen LogP contribution in [0.1, 0.15) is 57.9 Å². The molecule has 1 atom stereocenters. The van der Waals surface area contributed by atoms with E-state index in [1.807, 2.05) is 0 Å². The normalized spacial score (nSPS) is 24.0. The summed E-state index contributed by atoms with van der Waals surface area (Å²) in [5.41, 5.74) is 0.485. The van der Waals surface area contributed by atoms with Crippen molar-refractivity contribution in [3.8, 4) is 0 Å². The molecule has 1 aromatic rings. The van der Waals surface area contributed by atoms with Crippen LogP contribution >= 0.6 is 0 Å². The molecule has 0 spiro atoms. The summed E-state index contributed by atoms with van der Waals surface area (Å²) in [5.74, 6) is -3.28. The molecule has 1 aromatic carbocycles. The zero-order valence-corrected chi connectivity index (χ0v) is 14.0. The molecule has 3 aliphatic rings. The first-order valence-electron chi connectivity index (χ1n) is 8.73. The third-order valence-electron chi connectivity index (χ3n) is 5.35. The van der Waals surface area contributed by atoms with Gasteiger partial charge in [-0.05, 0) is 49.9 Å². The fourth-order valence-electron chi connectivity index (χ4n) is 4.05. The largest absolute Gasteiger partial charge is 0.317 e. The molecule has 1 unspecified atom stereocenters. The maximum Gasteiger partial charge on any atom is 0.265 e. The summed E-state index contributed by atoms with van der Waals surface area (Å²) >= 11 is 0. The lowest BCUT2D eigenvalue weighted by Gasteiger charge is -2.28. The summed E-state index contributed by atoms with van der Waals surface area (Å²) in [4.78, 5) is 50.1. The van der Waals surface area contributed by atoms with Crippen LogP contribution in [0, 0.1) is 5.82 Å². The van der Waals surface area contributed by atoms with Crippen molar-refractivity contribution in [1.29, 1.82) is 0 Å². The summed E-state index contributed by atoms with van der Waals surface area (Å²) < 4.78 is 14.4. The fraction of sp³-hybridized carbons (Fsp3) is 0.444. The molecule has 0 radical (unpaired) electrons. The first-order chi connectivity index (χ1) is 12.5. The SMILES string of the molecule is O=C1CCC(N2C(=O)c3c(F)ccc(C4CCNCC4)c3C2=O)C(=O)N1. The van der Waals surface area contributed by atoms with Gasteiger partial charge in [-0.1, -0.05) is 6.07 Å². The molecule has 2 saturated heterocycles. The van der Waals surface area contributed by atoms with E-state index in [-0.39, 0.29) is 29.9 Å². The lowest BCUT2D eigenvalue weighted by molar-refractivity contribution is -0.136. The van der Waals surface area contributed by atoms with Crippen LogP contribution in [-0.2, 0) is 9.59 Å². The minimum Gasteiger partial charge on any atom is -0.317 e. The van der Waals surface area contributed by atoms with Crippen molar-refractivity contribution in [3.63, 3.8) is 0 Å². The molecule has 3 aliphatic heterocycles. The van der Waals surface area contributed by atoms with Crippen molar-refractivity contribution in [1.82, 2.24) is 15.5 Å². The van der Waals surface area contributed by atoms with Gasteiger partial charge in [0, 0.05) is 6.42 Å². The second kappa shape index (κ2) is 6.28. The summed E-state index contributed by atoms with van der Waals surface area (Å²) in [7, 11) is 0. The van der Waals surface area contributed by atoms with Gasteiger partial charge in [-0.3, -0.25) is 29.4 Å². The van der Waals surface area contributed by atoms with Crippen molar-refractivity contribution in [2.24, 2.45) is 0 Å². The minimum atomic E-state index is -1.08. The molecule has 8 heteroatoms. The number of hydrogen-bond acceptors (Lipinski definition) is 5. The van der Waals surface area contributed by atoms with E-state index in [4.69, 9.17) is 0 Å². The highest BCUT2D eigenvalue weighted by Crippen LogP contribution is 2.37. The Balaban J connectivity index is 1.75. The van der Waals surface area contributed by atoms with Gasteiger partial charge in [0.15, 0.2) is 0 Å². The van der Waals surface area contributed by atoms with Gasteiger partial charge < -0.3 is 5.32 Å². The number of benzene rings is 1. The highest BCUT2D eigenvalue weighted by atomic mass is 19.1. The number of hydrogen-bond donors (Lipinski definition) is 2. The van der Waals surface area contributed by atoms with Gasteiger partial charge in [0.1, 0.15) is 11.9 Å². The Morgan fingerprint density at radius 1 is 0.962 bits per heavy atom. The Hall–Kier alpha value is -2.61. The number of amides is 4. The standard InChI is InChI=1S/C18H18FN3O4/c19-11-2-1-10(9-5-7-20-8-6-9)14-15(11)18(26)22(17(14)25)12-3-4-13(23)21-16(12)24/h1-2,9,12,20H,3-8H2,(H,21,23,24). The first-order valence-corrected chi connectivity index (χ1v) is 8.73.